The maximum Gasteiger partial charge on any atom is 0.220 e. The summed E-state index contributed by atoms with van der Waals surface area (Å²) in [6, 6.07) is 6.19. The lowest BCUT2D eigenvalue weighted by Gasteiger charge is -2.19. The first-order valence-corrected chi connectivity index (χ1v) is 9.71. The van der Waals surface area contributed by atoms with Gasteiger partial charge in [-0.3, -0.25) is 0 Å². The number of thiocarbonyl (C=S) groups is 1. The highest BCUT2D eigenvalue weighted by Crippen LogP contribution is 2.37. The van der Waals surface area contributed by atoms with Crippen LogP contribution in [-0.2, 0) is 11.3 Å². The van der Waals surface area contributed by atoms with Gasteiger partial charge in [0.25, 0.3) is 0 Å². The summed E-state index contributed by atoms with van der Waals surface area (Å²) in [6.07, 6.45) is 6.51. The molecule has 3 nitrogen and oxygen atoms in total. The minimum atomic E-state index is 0.154. The maximum atomic E-state index is 5.57. The van der Waals surface area contributed by atoms with Crippen LogP contribution in [0.4, 0.5) is 0 Å². The first-order chi connectivity index (χ1) is 10.6. The van der Waals surface area contributed by atoms with E-state index in [9.17, 15) is 0 Å². The fourth-order valence-corrected chi connectivity index (χ4v) is 4.75. The summed E-state index contributed by atoms with van der Waals surface area (Å²) in [5, 5.41) is 0.154. The molecule has 0 saturated heterocycles. The molecule has 0 saturated carbocycles. The minimum Gasteiger partial charge on any atom is -0.479 e. The van der Waals surface area contributed by atoms with Gasteiger partial charge in [0.1, 0.15) is 0 Å². The van der Waals surface area contributed by atoms with Crippen molar-refractivity contribution in [2.45, 2.75) is 25.1 Å². The topological polar surface area (TPSA) is 27.1 Å². The van der Waals surface area contributed by atoms with E-state index in [2.05, 4.69) is 54.4 Å². The highest BCUT2D eigenvalue weighted by atomic mass is 79.9. The lowest BCUT2D eigenvalue weighted by atomic mass is 10.1. The second-order valence-corrected chi connectivity index (χ2v) is 8.21. The molecule has 2 rings (SSSR count). The average Bonchev–Trinajstić information content (AvgIpc) is 2.97. The zero-order chi connectivity index (χ0) is 15.9. The van der Waals surface area contributed by atoms with Crippen molar-refractivity contribution in [3.63, 3.8) is 0 Å². The van der Waals surface area contributed by atoms with Crippen LogP contribution >= 0.6 is 55.8 Å². The number of rotatable bonds is 6. The van der Waals surface area contributed by atoms with E-state index in [1.54, 1.807) is 18.0 Å². The molecule has 2 aromatic rings. The highest BCUT2D eigenvalue weighted by molar-refractivity contribution is 9.11. The number of halogens is 2. The van der Waals surface area contributed by atoms with Crippen molar-refractivity contribution in [3.8, 4) is 0 Å². The number of nitrogens with zero attached hydrogens (tertiary/aromatic N) is 2. The van der Waals surface area contributed by atoms with Gasteiger partial charge in [0.15, 0.2) is 0 Å². The van der Waals surface area contributed by atoms with E-state index in [-0.39, 0.29) is 5.25 Å². The van der Waals surface area contributed by atoms with Crippen LogP contribution in [0.25, 0.3) is 0 Å². The third kappa shape index (κ3) is 5.37. The van der Waals surface area contributed by atoms with Gasteiger partial charge >= 0.3 is 0 Å². The smallest absolute Gasteiger partial charge is 0.220 e. The Morgan fingerprint density at radius 1 is 1.45 bits per heavy atom. The molecule has 1 heterocycles. The quantitative estimate of drug-likeness (QED) is 0.521. The van der Waals surface area contributed by atoms with Crippen LogP contribution in [0, 0.1) is 0 Å². The number of ether oxygens (including phenoxy) is 1. The zero-order valence-electron chi connectivity index (χ0n) is 12.0. The van der Waals surface area contributed by atoms with Crippen molar-refractivity contribution in [1.29, 1.82) is 0 Å². The van der Waals surface area contributed by atoms with Crippen molar-refractivity contribution in [3.05, 3.63) is 51.4 Å². The van der Waals surface area contributed by atoms with Crippen LogP contribution < -0.4 is 0 Å². The Morgan fingerprint density at radius 2 is 2.27 bits per heavy atom. The van der Waals surface area contributed by atoms with E-state index in [0.29, 0.717) is 11.0 Å². The molecule has 0 fully saturated rings. The summed E-state index contributed by atoms with van der Waals surface area (Å²) < 4.78 is 10.3. The molecule has 1 aromatic heterocycles. The number of thioether (sulfide) groups is 1. The van der Waals surface area contributed by atoms with Gasteiger partial charge in [-0.1, -0.05) is 56.6 Å². The lowest BCUT2D eigenvalue weighted by molar-refractivity contribution is 0.321. The van der Waals surface area contributed by atoms with Gasteiger partial charge in [-0.15, -0.1) is 0 Å². The Hall–Kier alpha value is -0.370. The Bertz CT molecular complexity index is 620. The minimum absolute atomic E-state index is 0.154. The third-order valence-corrected chi connectivity index (χ3v) is 5.49. The molecule has 1 unspecified atom stereocenters. The second kappa shape index (κ2) is 9.05. The van der Waals surface area contributed by atoms with Crippen LogP contribution in [0.5, 0.6) is 0 Å². The first-order valence-electron chi connectivity index (χ1n) is 6.84. The molecule has 0 aliphatic rings. The molecule has 0 N–H and O–H groups in total. The summed E-state index contributed by atoms with van der Waals surface area (Å²) in [5.74, 6) is 0. The Labute approximate surface area is 157 Å². The monoisotopic (exact) mass is 462 g/mol. The summed E-state index contributed by atoms with van der Waals surface area (Å²) in [5.41, 5.74) is 1.18. The van der Waals surface area contributed by atoms with E-state index in [4.69, 9.17) is 17.0 Å². The van der Waals surface area contributed by atoms with Crippen molar-refractivity contribution in [2.75, 3.05) is 6.61 Å². The SMILES string of the molecule is CCCOC(=S)SC(Cn1ccnc1)c1ccc(Br)cc1Br. The van der Waals surface area contributed by atoms with Gasteiger partial charge in [0.2, 0.25) is 4.38 Å². The summed E-state index contributed by atoms with van der Waals surface area (Å²) in [4.78, 5) is 4.10. The molecule has 0 radical (unpaired) electrons. The molecule has 0 spiro atoms. The Kier molecular flexibility index (Phi) is 7.40. The molecule has 118 valence electrons. The fraction of sp³-hybridized carbons (Fsp3) is 0.333. The van der Waals surface area contributed by atoms with E-state index in [0.717, 1.165) is 21.9 Å². The van der Waals surface area contributed by atoms with E-state index < -0.39 is 0 Å². The van der Waals surface area contributed by atoms with Gasteiger partial charge in [0, 0.05) is 27.9 Å². The summed E-state index contributed by atoms with van der Waals surface area (Å²) >= 11 is 14.1. The fourth-order valence-electron chi connectivity index (χ4n) is 1.88. The number of hydrogen-bond donors (Lipinski definition) is 0. The molecule has 7 heteroatoms. The van der Waals surface area contributed by atoms with E-state index in [1.807, 2.05) is 24.7 Å². The number of aromatic nitrogens is 2. The molecule has 0 aliphatic carbocycles. The number of imidazole rings is 1. The lowest BCUT2D eigenvalue weighted by Crippen LogP contribution is -2.09. The Balaban J connectivity index is 2.18. The van der Waals surface area contributed by atoms with Gasteiger partial charge in [-0.2, -0.15) is 0 Å². The van der Waals surface area contributed by atoms with Gasteiger partial charge in [0.05, 0.1) is 18.2 Å². The second-order valence-electron chi connectivity index (χ2n) is 4.63. The van der Waals surface area contributed by atoms with Crippen LogP contribution in [-0.4, -0.2) is 20.5 Å². The number of benzene rings is 1. The van der Waals surface area contributed by atoms with Gasteiger partial charge < -0.3 is 9.30 Å². The molecule has 0 aliphatic heterocycles. The van der Waals surface area contributed by atoms with Crippen molar-refractivity contribution in [1.82, 2.24) is 9.55 Å². The van der Waals surface area contributed by atoms with Crippen LogP contribution in [0.15, 0.2) is 45.9 Å². The van der Waals surface area contributed by atoms with E-state index in [1.165, 1.54) is 5.56 Å². The standard InChI is InChI=1S/C15H16Br2N2OS2/c1-2-7-20-15(21)22-14(9-19-6-5-18-10-19)12-4-3-11(16)8-13(12)17/h3-6,8,10,14H,2,7,9H2,1H3. The predicted octanol–water partition coefficient (Wildman–Crippen LogP) is 5.59. The van der Waals surface area contributed by atoms with Crippen LogP contribution in [0.1, 0.15) is 24.2 Å². The molecular formula is C15H16Br2N2OS2. The van der Waals surface area contributed by atoms with E-state index >= 15 is 0 Å². The predicted molar refractivity (Wildman–Crippen MR) is 103 cm³/mol. The maximum absolute atomic E-state index is 5.57. The summed E-state index contributed by atoms with van der Waals surface area (Å²) in [7, 11) is 0. The molecule has 1 atom stereocenters. The molecule has 22 heavy (non-hydrogen) atoms. The summed E-state index contributed by atoms with van der Waals surface area (Å²) in [6.45, 7) is 3.51. The molecule has 0 bridgehead atoms. The van der Waals surface area contributed by atoms with Crippen LogP contribution in [0.3, 0.4) is 0 Å². The average molecular weight is 464 g/mol. The van der Waals surface area contributed by atoms with Crippen LogP contribution in [0.2, 0.25) is 0 Å². The van der Waals surface area contributed by atoms with Crippen molar-refractivity contribution < 1.29 is 4.74 Å². The first kappa shape index (κ1) is 18.0. The molecular weight excluding hydrogens is 448 g/mol. The van der Waals surface area contributed by atoms with Gasteiger partial charge in [-0.25, -0.2) is 4.98 Å². The highest BCUT2D eigenvalue weighted by Gasteiger charge is 2.19. The third-order valence-electron chi connectivity index (χ3n) is 2.91. The molecule has 0 amide bonds. The molecule has 1 aromatic carbocycles. The van der Waals surface area contributed by atoms with Gasteiger partial charge in [-0.05, 0) is 36.3 Å². The normalized spacial score (nSPS) is 12.1. The number of hydrogen-bond acceptors (Lipinski definition) is 4. The van der Waals surface area contributed by atoms with Crippen molar-refractivity contribution in [2.24, 2.45) is 0 Å². The largest absolute Gasteiger partial charge is 0.479 e. The Morgan fingerprint density at radius 3 is 2.91 bits per heavy atom. The van der Waals surface area contributed by atoms with Crippen molar-refractivity contribution >= 4 is 60.2 Å². The zero-order valence-corrected chi connectivity index (χ0v) is 16.8.